The molecule has 2 aromatic rings. The molecule has 27 heavy (non-hydrogen) atoms. The van der Waals surface area contributed by atoms with E-state index in [1.54, 1.807) is 32.0 Å². The van der Waals surface area contributed by atoms with E-state index in [1.165, 1.54) is 0 Å². The molecule has 1 N–H and O–H groups in total. The standard InChI is InChI=1S/C21H25F3N2O/c1-13(2)9-14-10-15-7-5-6-8-16(15)17(11-14)19(21(22,23)24)26-20(3,4)12-18(27)25-26/h5-8,10-11,13,19H,9,12H2,1-4H3,(H,25,27). The number of fused-ring (bicyclic) bond motifs is 1. The van der Waals surface area contributed by atoms with Crippen LogP contribution in [-0.2, 0) is 11.2 Å². The highest BCUT2D eigenvalue weighted by atomic mass is 19.4. The Balaban J connectivity index is 2.23. The van der Waals surface area contributed by atoms with E-state index < -0.39 is 23.7 Å². The quantitative estimate of drug-likeness (QED) is 0.797. The maximum absolute atomic E-state index is 14.3. The van der Waals surface area contributed by atoms with Crippen molar-refractivity contribution in [2.75, 3.05) is 0 Å². The van der Waals surface area contributed by atoms with E-state index in [1.807, 2.05) is 32.0 Å². The van der Waals surface area contributed by atoms with Crippen LogP contribution in [0, 0.1) is 5.92 Å². The topological polar surface area (TPSA) is 32.3 Å². The highest BCUT2D eigenvalue weighted by Gasteiger charge is 2.53. The van der Waals surface area contributed by atoms with E-state index >= 15 is 0 Å². The first kappa shape index (κ1) is 19.7. The molecule has 0 saturated carbocycles. The molecule has 1 aliphatic rings. The van der Waals surface area contributed by atoms with Crippen molar-refractivity contribution in [1.82, 2.24) is 10.4 Å². The summed E-state index contributed by atoms with van der Waals surface area (Å²) in [6, 6.07) is 8.83. The summed E-state index contributed by atoms with van der Waals surface area (Å²) in [6.07, 6.45) is -3.81. The van der Waals surface area contributed by atoms with E-state index in [-0.39, 0.29) is 12.0 Å². The van der Waals surface area contributed by atoms with Crippen molar-refractivity contribution in [3.63, 3.8) is 0 Å². The Morgan fingerprint density at radius 3 is 2.41 bits per heavy atom. The predicted molar refractivity (Wildman–Crippen MR) is 100.0 cm³/mol. The summed E-state index contributed by atoms with van der Waals surface area (Å²) < 4.78 is 42.8. The third-order valence-electron chi connectivity index (χ3n) is 4.95. The lowest BCUT2D eigenvalue weighted by Crippen LogP contribution is -2.51. The summed E-state index contributed by atoms with van der Waals surface area (Å²) in [5.74, 6) is -0.0665. The molecule has 1 saturated heterocycles. The number of nitrogens with one attached hydrogen (secondary N) is 1. The molecule has 1 amide bonds. The van der Waals surface area contributed by atoms with Gasteiger partial charge < -0.3 is 0 Å². The Labute approximate surface area is 157 Å². The van der Waals surface area contributed by atoms with Gasteiger partial charge in [0, 0.05) is 12.0 Å². The molecule has 1 fully saturated rings. The summed E-state index contributed by atoms with van der Waals surface area (Å²) >= 11 is 0. The third-order valence-corrected chi connectivity index (χ3v) is 4.95. The number of hydrogen-bond acceptors (Lipinski definition) is 2. The lowest BCUT2D eigenvalue weighted by Gasteiger charge is -2.38. The minimum absolute atomic E-state index is 0.0309. The van der Waals surface area contributed by atoms with Gasteiger partial charge in [0.25, 0.3) is 0 Å². The number of halogens is 3. The van der Waals surface area contributed by atoms with Crippen LogP contribution in [0.25, 0.3) is 10.8 Å². The van der Waals surface area contributed by atoms with Crippen molar-refractivity contribution in [1.29, 1.82) is 0 Å². The Kier molecular flexibility index (Phi) is 4.97. The number of benzene rings is 2. The Bertz CT molecular complexity index is 858. The number of carbonyl (C=O) groups is 1. The lowest BCUT2D eigenvalue weighted by atomic mass is 9.90. The summed E-state index contributed by atoms with van der Waals surface area (Å²) in [7, 11) is 0. The van der Waals surface area contributed by atoms with Crippen LogP contribution < -0.4 is 5.43 Å². The van der Waals surface area contributed by atoms with Gasteiger partial charge in [0.1, 0.15) is 0 Å². The minimum Gasteiger partial charge on any atom is -0.287 e. The van der Waals surface area contributed by atoms with Gasteiger partial charge in [-0.2, -0.15) is 18.2 Å². The van der Waals surface area contributed by atoms with Gasteiger partial charge in [0.2, 0.25) is 5.91 Å². The molecule has 3 nitrogen and oxygen atoms in total. The van der Waals surface area contributed by atoms with E-state index in [0.29, 0.717) is 17.7 Å². The predicted octanol–water partition coefficient (Wildman–Crippen LogP) is 5.16. The Morgan fingerprint density at radius 2 is 1.85 bits per heavy atom. The molecule has 146 valence electrons. The van der Waals surface area contributed by atoms with Crippen LogP contribution in [0.4, 0.5) is 13.2 Å². The molecule has 1 atom stereocenters. The van der Waals surface area contributed by atoms with Gasteiger partial charge in [0.05, 0.1) is 0 Å². The zero-order chi connectivity index (χ0) is 20.0. The van der Waals surface area contributed by atoms with Crippen molar-refractivity contribution in [3.8, 4) is 0 Å². The summed E-state index contributed by atoms with van der Waals surface area (Å²) in [5.41, 5.74) is 2.57. The van der Waals surface area contributed by atoms with Crippen LogP contribution in [0.5, 0.6) is 0 Å². The molecule has 0 aromatic heterocycles. The van der Waals surface area contributed by atoms with Gasteiger partial charge in [-0.05, 0) is 48.1 Å². The number of amides is 1. The van der Waals surface area contributed by atoms with Crippen LogP contribution in [0.2, 0.25) is 0 Å². The fraction of sp³-hybridized carbons (Fsp3) is 0.476. The van der Waals surface area contributed by atoms with Crippen molar-refractivity contribution in [2.45, 2.75) is 58.3 Å². The minimum atomic E-state index is -4.53. The fourth-order valence-corrected chi connectivity index (χ4v) is 3.90. The molecule has 0 aliphatic carbocycles. The van der Waals surface area contributed by atoms with E-state index in [9.17, 15) is 18.0 Å². The zero-order valence-electron chi connectivity index (χ0n) is 16.0. The molecular weight excluding hydrogens is 353 g/mol. The zero-order valence-corrected chi connectivity index (χ0v) is 16.0. The summed E-state index contributed by atoms with van der Waals surface area (Å²) in [4.78, 5) is 11.9. The largest absolute Gasteiger partial charge is 0.409 e. The van der Waals surface area contributed by atoms with Crippen molar-refractivity contribution < 1.29 is 18.0 Å². The molecular formula is C21H25F3N2O. The average Bonchev–Trinajstić information content (AvgIpc) is 2.78. The molecule has 3 rings (SSSR count). The first-order chi connectivity index (χ1) is 12.5. The van der Waals surface area contributed by atoms with E-state index in [2.05, 4.69) is 5.43 Å². The molecule has 2 aromatic carbocycles. The summed E-state index contributed by atoms with van der Waals surface area (Å²) in [5, 5.41) is 2.42. The SMILES string of the molecule is CC(C)Cc1cc(C(N2NC(=O)CC2(C)C)C(F)(F)F)c2ccccc2c1. The second kappa shape index (κ2) is 6.82. The monoisotopic (exact) mass is 378 g/mol. The van der Waals surface area contributed by atoms with Crippen molar-refractivity contribution >= 4 is 16.7 Å². The Hall–Kier alpha value is -2.08. The Morgan fingerprint density at radius 1 is 1.19 bits per heavy atom. The van der Waals surface area contributed by atoms with Gasteiger partial charge in [0.15, 0.2) is 6.04 Å². The maximum Gasteiger partial charge on any atom is 0.409 e. The van der Waals surface area contributed by atoms with Gasteiger partial charge in [-0.25, -0.2) is 0 Å². The second-order valence-corrected chi connectivity index (χ2v) is 8.34. The lowest BCUT2D eigenvalue weighted by molar-refractivity contribution is -0.203. The normalized spacial score (nSPS) is 18.9. The van der Waals surface area contributed by atoms with Crippen LogP contribution in [0.3, 0.4) is 0 Å². The van der Waals surface area contributed by atoms with Gasteiger partial charge in [-0.15, -0.1) is 0 Å². The molecule has 1 aliphatic heterocycles. The number of carbonyl (C=O) groups excluding carboxylic acids is 1. The fourth-order valence-electron chi connectivity index (χ4n) is 3.90. The first-order valence-corrected chi connectivity index (χ1v) is 9.16. The number of hydrazine groups is 1. The summed E-state index contributed by atoms with van der Waals surface area (Å²) in [6.45, 7) is 7.40. The number of nitrogens with zero attached hydrogens (tertiary/aromatic N) is 1. The number of alkyl halides is 3. The van der Waals surface area contributed by atoms with Crippen LogP contribution >= 0.6 is 0 Å². The van der Waals surface area contributed by atoms with Crippen LogP contribution in [0.15, 0.2) is 36.4 Å². The van der Waals surface area contributed by atoms with Gasteiger partial charge >= 0.3 is 6.18 Å². The van der Waals surface area contributed by atoms with E-state index in [0.717, 1.165) is 16.0 Å². The molecule has 0 bridgehead atoms. The van der Waals surface area contributed by atoms with E-state index in [4.69, 9.17) is 0 Å². The molecule has 1 heterocycles. The second-order valence-electron chi connectivity index (χ2n) is 8.34. The van der Waals surface area contributed by atoms with Crippen LogP contribution in [0.1, 0.15) is 51.3 Å². The third kappa shape index (κ3) is 3.95. The molecule has 0 radical (unpaired) electrons. The molecule has 0 spiro atoms. The van der Waals surface area contributed by atoms with Crippen molar-refractivity contribution in [2.24, 2.45) is 5.92 Å². The average molecular weight is 378 g/mol. The van der Waals surface area contributed by atoms with Gasteiger partial charge in [-0.1, -0.05) is 50.2 Å². The van der Waals surface area contributed by atoms with Crippen LogP contribution in [-0.4, -0.2) is 22.6 Å². The van der Waals surface area contributed by atoms with Gasteiger partial charge in [-0.3, -0.25) is 10.2 Å². The highest BCUT2D eigenvalue weighted by molar-refractivity contribution is 5.87. The molecule has 1 unspecified atom stereocenters. The molecule has 6 heteroatoms. The number of hydrogen-bond donors (Lipinski definition) is 1. The first-order valence-electron chi connectivity index (χ1n) is 9.16. The smallest absolute Gasteiger partial charge is 0.287 e. The highest BCUT2D eigenvalue weighted by Crippen LogP contribution is 2.45. The maximum atomic E-state index is 14.3. The number of rotatable bonds is 4. The van der Waals surface area contributed by atoms with Crippen molar-refractivity contribution in [3.05, 3.63) is 47.5 Å².